The van der Waals surface area contributed by atoms with Crippen LogP contribution in [0, 0.1) is 11.3 Å². The van der Waals surface area contributed by atoms with Crippen LogP contribution in [0.5, 0.6) is 11.5 Å². The van der Waals surface area contributed by atoms with E-state index in [9.17, 15) is 14.0 Å². The van der Waals surface area contributed by atoms with Crippen molar-refractivity contribution in [3.05, 3.63) is 22.2 Å². The summed E-state index contributed by atoms with van der Waals surface area (Å²) in [5, 5.41) is 9.27. The Kier molecular flexibility index (Phi) is 3.57. The lowest BCUT2D eigenvalue weighted by Crippen LogP contribution is -2.52. The Hall–Kier alpha value is -1.39. The predicted octanol–water partition coefficient (Wildman–Crippen LogP) is 3.05. The van der Waals surface area contributed by atoms with Gasteiger partial charge in [-0.1, -0.05) is 0 Å². The fourth-order valence-electron chi connectivity index (χ4n) is 2.22. The predicted molar refractivity (Wildman–Crippen MR) is 76.9 cm³/mol. The molecule has 21 heavy (non-hydrogen) atoms. The number of halogens is 3. The highest BCUT2D eigenvalue weighted by Gasteiger charge is 2.46. The van der Waals surface area contributed by atoms with E-state index in [2.05, 4.69) is 15.9 Å². The molecule has 0 saturated carbocycles. The molecule has 1 saturated heterocycles. The van der Waals surface area contributed by atoms with Gasteiger partial charge in [0.1, 0.15) is 11.6 Å². The summed E-state index contributed by atoms with van der Waals surface area (Å²) in [6.07, 6.45) is -1.44. The van der Waals surface area contributed by atoms with Gasteiger partial charge < -0.3 is 14.4 Å². The van der Waals surface area contributed by atoms with Gasteiger partial charge in [-0.25, -0.2) is 8.78 Å². The highest BCUT2D eigenvalue weighted by molar-refractivity contribution is 9.10. The SMILES string of the molecule is [2H]C([2H])([2H])Oc1ccc(Br)c(C#N)c1OC1CCN(C)CC1(F)F. The molecule has 1 aromatic rings. The van der Waals surface area contributed by atoms with Crippen LogP contribution in [-0.2, 0) is 0 Å². The monoisotopic (exact) mass is 363 g/mol. The van der Waals surface area contributed by atoms with Gasteiger partial charge in [-0.3, -0.25) is 0 Å². The van der Waals surface area contributed by atoms with E-state index in [0.717, 1.165) is 0 Å². The molecule has 0 N–H and O–H groups in total. The quantitative estimate of drug-likeness (QED) is 0.827. The van der Waals surface area contributed by atoms with Crippen LogP contribution in [0.2, 0.25) is 0 Å². The lowest BCUT2D eigenvalue weighted by molar-refractivity contribution is -0.135. The van der Waals surface area contributed by atoms with Crippen LogP contribution >= 0.6 is 15.9 Å². The average molecular weight is 364 g/mol. The maximum absolute atomic E-state index is 14.2. The minimum absolute atomic E-state index is 0.0358. The molecule has 0 radical (unpaired) electrons. The van der Waals surface area contributed by atoms with Gasteiger partial charge in [0.05, 0.1) is 17.7 Å². The Morgan fingerprint density at radius 3 is 2.95 bits per heavy atom. The number of nitrogens with zero attached hydrogens (tertiary/aromatic N) is 2. The molecule has 1 atom stereocenters. The molecule has 0 spiro atoms. The van der Waals surface area contributed by atoms with Crippen molar-refractivity contribution in [3.8, 4) is 17.6 Å². The number of nitriles is 1. The van der Waals surface area contributed by atoms with Crippen LogP contribution < -0.4 is 9.47 Å². The largest absolute Gasteiger partial charge is 0.493 e. The first-order chi connectivity index (χ1) is 11.0. The van der Waals surface area contributed by atoms with Crippen molar-refractivity contribution in [1.82, 2.24) is 4.90 Å². The number of likely N-dealkylation sites (tertiary alicyclic amines) is 1. The second kappa shape index (κ2) is 6.16. The topological polar surface area (TPSA) is 45.5 Å². The first-order valence-electron chi connectivity index (χ1n) is 7.68. The number of methoxy groups -OCH3 is 1. The van der Waals surface area contributed by atoms with E-state index in [0.29, 0.717) is 11.0 Å². The fourth-order valence-corrected chi connectivity index (χ4v) is 2.62. The Bertz CT molecular complexity index is 665. The van der Waals surface area contributed by atoms with Crippen LogP contribution in [0.25, 0.3) is 0 Å². The van der Waals surface area contributed by atoms with Gasteiger partial charge in [0.2, 0.25) is 0 Å². The minimum Gasteiger partial charge on any atom is -0.493 e. The Balaban J connectivity index is 2.40. The third-order valence-electron chi connectivity index (χ3n) is 3.28. The molecule has 1 fully saturated rings. The summed E-state index contributed by atoms with van der Waals surface area (Å²) in [5.41, 5.74) is -0.0912. The van der Waals surface area contributed by atoms with Crippen LogP contribution in [0.4, 0.5) is 8.78 Å². The van der Waals surface area contributed by atoms with Crippen molar-refractivity contribution >= 4 is 15.9 Å². The molecular weight excluding hydrogens is 346 g/mol. The Labute approximate surface area is 134 Å². The first kappa shape index (κ1) is 12.2. The molecule has 4 nitrogen and oxygen atoms in total. The lowest BCUT2D eigenvalue weighted by atomic mass is 10.0. The van der Waals surface area contributed by atoms with Gasteiger partial charge >= 0.3 is 0 Å². The summed E-state index contributed by atoms with van der Waals surface area (Å²) in [6.45, 7) is -0.0887. The normalized spacial score (nSPS) is 24.3. The third-order valence-corrected chi connectivity index (χ3v) is 3.94. The van der Waals surface area contributed by atoms with Crippen molar-refractivity contribution < 1.29 is 22.4 Å². The minimum atomic E-state index is -3.14. The molecule has 1 heterocycles. The molecule has 114 valence electrons. The van der Waals surface area contributed by atoms with E-state index >= 15 is 0 Å². The zero-order chi connectivity index (χ0) is 18.1. The summed E-state index contributed by atoms with van der Waals surface area (Å²) in [7, 11) is -1.22. The fraction of sp³-hybridized carbons (Fsp3) is 0.500. The molecule has 0 aliphatic carbocycles. The summed E-state index contributed by atoms with van der Waals surface area (Å²) in [6, 6.07) is 4.49. The third kappa shape index (κ3) is 3.27. The number of rotatable bonds is 3. The van der Waals surface area contributed by atoms with E-state index in [1.54, 1.807) is 7.05 Å². The standard InChI is InChI=1S/C14H15BrF2N2O2/c1-19-6-5-12(14(16,17)8-19)21-13-9(7-18)10(15)3-4-11(13)20-2/h3-4,12H,5-6,8H2,1-2H3/i2D3. The zero-order valence-corrected chi connectivity index (χ0v) is 12.8. The zero-order valence-electron chi connectivity index (χ0n) is 14.2. The second-order valence-corrected chi connectivity index (χ2v) is 5.71. The smallest absolute Gasteiger partial charge is 0.296 e. The van der Waals surface area contributed by atoms with E-state index in [4.69, 9.17) is 13.6 Å². The second-order valence-electron chi connectivity index (χ2n) is 4.86. The van der Waals surface area contributed by atoms with Crippen LogP contribution in [0.3, 0.4) is 0 Å². The van der Waals surface area contributed by atoms with E-state index < -0.39 is 25.6 Å². The van der Waals surface area contributed by atoms with E-state index in [1.165, 1.54) is 17.0 Å². The molecule has 2 rings (SSSR count). The Morgan fingerprint density at radius 1 is 1.57 bits per heavy atom. The van der Waals surface area contributed by atoms with Gasteiger partial charge in [-0.05, 0) is 35.1 Å². The molecule has 1 aliphatic heterocycles. The number of piperidine rings is 1. The molecule has 0 aromatic heterocycles. The van der Waals surface area contributed by atoms with Crippen molar-refractivity contribution in [2.24, 2.45) is 0 Å². The molecule has 7 heteroatoms. The maximum atomic E-state index is 14.2. The molecule has 1 aliphatic rings. The Morgan fingerprint density at radius 2 is 2.33 bits per heavy atom. The molecule has 0 amide bonds. The lowest BCUT2D eigenvalue weighted by Gasteiger charge is -2.36. The van der Waals surface area contributed by atoms with Crippen LogP contribution in [0.15, 0.2) is 16.6 Å². The summed E-state index contributed by atoms with van der Waals surface area (Å²) >= 11 is 3.13. The first-order valence-corrected chi connectivity index (χ1v) is 6.97. The number of benzene rings is 1. The summed E-state index contributed by atoms with van der Waals surface area (Å²) < 4.78 is 60.4. The number of ether oxygens (including phenoxy) is 2. The number of alkyl halides is 2. The van der Waals surface area contributed by atoms with Crippen LogP contribution in [0.1, 0.15) is 16.1 Å². The van der Waals surface area contributed by atoms with E-state index in [1.807, 2.05) is 6.07 Å². The molecular formula is C14H15BrF2N2O2. The highest BCUT2D eigenvalue weighted by atomic mass is 79.9. The highest BCUT2D eigenvalue weighted by Crippen LogP contribution is 2.39. The molecule has 1 aromatic carbocycles. The van der Waals surface area contributed by atoms with Crippen molar-refractivity contribution in [3.63, 3.8) is 0 Å². The molecule has 1 unspecified atom stereocenters. The van der Waals surface area contributed by atoms with Gasteiger partial charge in [-0.15, -0.1) is 0 Å². The summed E-state index contributed by atoms with van der Waals surface area (Å²) in [4.78, 5) is 1.48. The van der Waals surface area contributed by atoms with Crippen LogP contribution in [-0.4, -0.2) is 44.1 Å². The average Bonchev–Trinajstić information content (AvgIpc) is 2.42. The number of hydrogen-bond donors (Lipinski definition) is 0. The van der Waals surface area contributed by atoms with Gasteiger partial charge in [0.15, 0.2) is 17.6 Å². The summed E-state index contributed by atoms with van der Waals surface area (Å²) in [5.74, 6) is -3.71. The van der Waals surface area contributed by atoms with Crippen molar-refractivity contribution in [2.75, 3.05) is 27.2 Å². The number of hydrogen-bond acceptors (Lipinski definition) is 4. The van der Waals surface area contributed by atoms with Gasteiger partial charge in [0.25, 0.3) is 5.92 Å². The van der Waals surface area contributed by atoms with Gasteiger partial charge in [0, 0.05) is 17.4 Å². The van der Waals surface area contributed by atoms with Crippen molar-refractivity contribution in [1.29, 1.82) is 5.26 Å². The van der Waals surface area contributed by atoms with E-state index in [-0.39, 0.29) is 23.5 Å². The van der Waals surface area contributed by atoms with Gasteiger partial charge in [-0.2, -0.15) is 5.26 Å². The van der Waals surface area contributed by atoms with Crippen molar-refractivity contribution in [2.45, 2.75) is 18.4 Å². The molecule has 0 bridgehead atoms. The maximum Gasteiger partial charge on any atom is 0.296 e.